The number of methoxy groups -OCH3 is 2. The molecule has 8 heteroatoms. The van der Waals surface area contributed by atoms with Gasteiger partial charge in [0.05, 0.1) is 19.1 Å². The molecule has 2 rings (SSSR count). The predicted octanol–water partition coefficient (Wildman–Crippen LogP) is 3.37. The van der Waals surface area contributed by atoms with Crippen LogP contribution in [0.4, 0.5) is 0 Å². The molecule has 142 valence electrons. The van der Waals surface area contributed by atoms with Crippen LogP contribution in [0, 0.1) is 6.92 Å². The van der Waals surface area contributed by atoms with Gasteiger partial charge in [0.1, 0.15) is 12.4 Å². The number of ether oxygens (including phenoxy) is 3. The summed E-state index contributed by atoms with van der Waals surface area (Å²) < 4.78 is 43.0. The Hall–Kier alpha value is -1.96. The molecule has 0 saturated carbocycles. The smallest absolute Gasteiger partial charge is 0.243 e. The average molecular weight is 400 g/mol. The molecular weight excluding hydrogens is 378 g/mol. The molecule has 2 aromatic carbocycles. The Morgan fingerprint density at radius 1 is 1.04 bits per heavy atom. The van der Waals surface area contributed by atoms with Crippen molar-refractivity contribution in [1.29, 1.82) is 0 Å². The number of benzene rings is 2. The fourth-order valence-corrected chi connectivity index (χ4v) is 3.85. The molecule has 0 aliphatic carbocycles. The summed E-state index contributed by atoms with van der Waals surface area (Å²) in [5.41, 5.74) is 0.577. The van der Waals surface area contributed by atoms with Crippen molar-refractivity contribution in [2.45, 2.75) is 11.8 Å². The van der Waals surface area contributed by atoms with Crippen molar-refractivity contribution in [3.63, 3.8) is 0 Å². The van der Waals surface area contributed by atoms with Crippen LogP contribution >= 0.6 is 11.6 Å². The summed E-state index contributed by atoms with van der Waals surface area (Å²) >= 11 is 5.82. The van der Waals surface area contributed by atoms with Gasteiger partial charge in [-0.3, -0.25) is 0 Å². The second-order valence-corrected chi connectivity index (χ2v) is 8.05. The Morgan fingerprint density at radius 3 is 2.19 bits per heavy atom. The van der Waals surface area contributed by atoms with Crippen molar-refractivity contribution >= 4 is 21.6 Å². The van der Waals surface area contributed by atoms with E-state index in [1.165, 1.54) is 31.6 Å². The molecule has 0 aliphatic rings. The fraction of sp³-hybridized carbons (Fsp3) is 0.333. The van der Waals surface area contributed by atoms with Crippen LogP contribution in [0.5, 0.6) is 17.2 Å². The maximum atomic E-state index is 12.9. The molecule has 0 unspecified atom stereocenters. The molecule has 0 fully saturated rings. The van der Waals surface area contributed by atoms with Crippen LogP contribution in [0.2, 0.25) is 5.02 Å². The molecule has 6 nitrogen and oxygen atoms in total. The maximum Gasteiger partial charge on any atom is 0.243 e. The number of halogens is 1. The molecule has 0 amide bonds. The van der Waals surface area contributed by atoms with Crippen molar-refractivity contribution in [3.05, 3.63) is 47.0 Å². The van der Waals surface area contributed by atoms with Crippen LogP contribution in [-0.4, -0.2) is 47.1 Å². The first-order valence-electron chi connectivity index (χ1n) is 7.87. The lowest BCUT2D eigenvalue weighted by Crippen LogP contribution is -2.31. The Labute approximate surface area is 159 Å². The number of hydrogen-bond donors (Lipinski definition) is 0. The molecule has 2 aromatic rings. The van der Waals surface area contributed by atoms with E-state index in [-0.39, 0.29) is 18.0 Å². The molecule has 26 heavy (non-hydrogen) atoms. The van der Waals surface area contributed by atoms with E-state index in [1.807, 2.05) is 0 Å². The first-order chi connectivity index (χ1) is 12.3. The minimum Gasteiger partial charge on any atom is -0.493 e. The van der Waals surface area contributed by atoms with Gasteiger partial charge in [-0.25, -0.2) is 8.42 Å². The van der Waals surface area contributed by atoms with Crippen LogP contribution in [0.15, 0.2) is 41.3 Å². The van der Waals surface area contributed by atoms with Gasteiger partial charge in [0.2, 0.25) is 10.0 Å². The number of likely N-dealkylation sites (N-methyl/N-ethyl adjacent to an activating group) is 1. The lowest BCUT2D eigenvalue weighted by molar-refractivity contribution is 0.287. The third-order valence-electron chi connectivity index (χ3n) is 3.86. The van der Waals surface area contributed by atoms with Crippen LogP contribution in [0.25, 0.3) is 0 Å². The Kier molecular flexibility index (Phi) is 6.75. The Morgan fingerprint density at radius 2 is 1.62 bits per heavy atom. The predicted molar refractivity (Wildman–Crippen MR) is 101 cm³/mol. The van der Waals surface area contributed by atoms with Crippen LogP contribution in [-0.2, 0) is 10.0 Å². The van der Waals surface area contributed by atoms with E-state index in [0.717, 1.165) is 0 Å². The van der Waals surface area contributed by atoms with E-state index in [9.17, 15) is 8.42 Å². The molecule has 0 aromatic heterocycles. The SMILES string of the molecule is COc1cc(C)c(S(=O)(=O)N(C)CCOc2ccc(Cl)cc2)cc1OC. The highest BCUT2D eigenvalue weighted by atomic mass is 35.5. The fourth-order valence-electron chi connectivity index (χ4n) is 2.35. The maximum absolute atomic E-state index is 12.9. The van der Waals surface area contributed by atoms with Crippen molar-refractivity contribution in [1.82, 2.24) is 4.31 Å². The van der Waals surface area contributed by atoms with Gasteiger partial charge in [0.15, 0.2) is 11.5 Å². The lowest BCUT2D eigenvalue weighted by atomic mass is 10.2. The van der Waals surface area contributed by atoms with Gasteiger partial charge < -0.3 is 14.2 Å². The van der Waals surface area contributed by atoms with Gasteiger partial charge in [-0.05, 0) is 42.8 Å². The van der Waals surface area contributed by atoms with Gasteiger partial charge >= 0.3 is 0 Å². The molecule has 0 atom stereocenters. The number of sulfonamides is 1. The average Bonchev–Trinajstić information content (AvgIpc) is 2.62. The van der Waals surface area contributed by atoms with Crippen molar-refractivity contribution < 1.29 is 22.6 Å². The number of hydrogen-bond acceptors (Lipinski definition) is 5. The molecule has 0 aliphatic heterocycles. The second-order valence-electron chi connectivity index (χ2n) is 5.60. The zero-order valence-corrected chi connectivity index (χ0v) is 16.7. The van der Waals surface area contributed by atoms with Crippen molar-refractivity contribution in [2.24, 2.45) is 0 Å². The number of rotatable bonds is 8. The molecule has 0 saturated heterocycles. The minimum absolute atomic E-state index is 0.171. The monoisotopic (exact) mass is 399 g/mol. The third kappa shape index (κ3) is 4.60. The topological polar surface area (TPSA) is 65.1 Å². The molecular formula is C18H22ClNO5S. The van der Waals surface area contributed by atoms with Gasteiger partial charge in [-0.15, -0.1) is 0 Å². The zero-order valence-electron chi connectivity index (χ0n) is 15.2. The van der Waals surface area contributed by atoms with Gasteiger partial charge in [-0.1, -0.05) is 11.6 Å². The third-order valence-corrected chi connectivity index (χ3v) is 6.11. The number of nitrogens with zero attached hydrogens (tertiary/aromatic N) is 1. The summed E-state index contributed by atoms with van der Waals surface area (Å²) in [6.07, 6.45) is 0. The number of aryl methyl sites for hydroxylation is 1. The standard InChI is InChI=1S/C18H22ClNO5S/c1-13-11-16(23-3)17(24-4)12-18(13)26(21,22)20(2)9-10-25-15-7-5-14(19)6-8-15/h5-8,11-12H,9-10H2,1-4H3. The second kappa shape index (κ2) is 8.62. The summed E-state index contributed by atoms with van der Waals surface area (Å²) in [4.78, 5) is 0.171. The summed E-state index contributed by atoms with van der Waals surface area (Å²) in [5, 5.41) is 0.612. The first kappa shape index (κ1) is 20.4. The van der Waals surface area contributed by atoms with E-state index in [2.05, 4.69) is 0 Å². The summed E-state index contributed by atoms with van der Waals surface area (Å²) in [5.74, 6) is 1.47. The summed E-state index contributed by atoms with van der Waals surface area (Å²) in [6.45, 7) is 2.12. The molecule has 0 N–H and O–H groups in total. The molecule has 0 radical (unpaired) electrons. The first-order valence-corrected chi connectivity index (χ1v) is 9.68. The summed E-state index contributed by atoms with van der Waals surface area (Å²) in [6, 6.07) is 10.0. The highest BCUT2D eigenvalue weighted by Gasteiger charge is 2.25. The quantitative estimate of drug-likeness (QED) is 0.681. The van der Waals surface area contributed by atoms with Gasteiger partial charge in [-0.2, -0.15) is 4.31 Å². The molecule has 0 spiro atoms. The Bertz CT molecular complexity index is 853. The zero-order chi connectivity index (χ0) is 19.3. The minimum atomic E-state index is -3.69. The van der Waals surface area contributed by atoms with E-state index >= 15 is 0 Å². The normalized spacial score (nSPS) is 11.5. The highest BCUT2D eigenvalue weighted by Crippen LogP contribution is 2.33. The molecule has 0 heterocycles. The van der Waals surface area contributed by atoms with E-state index in [1.54, 1.807) is 37.3 Å². The largest absolute Gasteiger partial charge is 0.493 e. The van der Waals surface area contributed by atoms with Crippen molar-refractivity contribution in [2.75, 3.05) is 34.4 Å². The van der Waals surface area contributed by atoms with E-state index in [0.29, 0.717) is 27.8 Å². The van der Waals surface area contributed by atoms with Gasteiger partial charge in [0.25, 0.3) is 0 Å². The van der Waals surface area contributed by atoms with E-state index < -0.39 is 10.0 Å². The highest BCUT2D eigenvalue weighted by molar-refractivity contribution is 7.89. The van der Waals surface area contributed by atoms with Crippen LogP contribution in [0.1, 0.15) is 5.56 Å². The van der Waals surface area contributed by atoms with Gasteiger partial charge in [0, 0.05) is 24.7 Å². The van der Waals surface area contributed by atoms with E-state index in [4.69, 9.17) is 25.8 Å². The van der Waals surface area contributed by atoms with Crippen LogP contribution < -0.4 is 14.2 Å². The van der Waals surface area contributed by atoms with Crippen LogP contribution in [0.3, 0.4) is 0 Å². The molecule has 0 bridgehead atoms. The lowest BCUT2D eigenvalue weighted by Gasteiger charge is -2.20. The van der Waals surface area contributed by atoms with Crippen molar-refractivity contribution in [3.8, 4) is 17.2 Å². The summed E-state index contributed by atoms with van der Waals surface area (Å²) in [7, 11) is 0.790. The Balaban J connectivity index is 2.12.